The van der Waals surface area contributed by atoms with E-state index < -0.39 is 0 Å². The second-order valence-electron chi connectivity index (χ2n) is 6.36. The van der Waals surface area contributed by atoms with Crippen molar-refractivity contribution < 1.29 is 19.4 Å². The van der Waals surface area contributed by atoms with Crippen molar-refractivity contribution in [2.75, 3.05) is 13.1 Å². The first kappa shape index (κ1) is 19.9. The van der Waals surface area contributed by atoms with Gasteiger partial charge >= 0.3 is 0 Å². The molecule has 148 valence electrons. The number of benzene rings is 3. The van der Waals surface area contributed by atoms with Crippen LogP contribution in [0.4, 0.5) is 0 Å². The van der Waals surface area contributed by atoms with Crippen LogP contribution in [0.5, 0.6) is 17.2 Å². The molecule has 29 heavy (non-hydrogen) atoms. The summed E-state index contributed by atoms with van der Waals surface area (Å²) in [5.41, 5.74) is 0.895. The van der Waals surface area contributed by atoms with E-state index >= 15 is 0 Å². The number of rotatable bonds is 8. The van der Waals surface area contributed by atoms with Crippen molar-refractivity contribution in [3.8, 4) is 17.2 Å². The first-order valence-electron chi connectivity index (χ1n) is 9.30. The Hall–Kier alpha value is -3.80. The lowest BCUT2D eigenvalue weighted by Gasteiger charge is -2.09. The molecule has 0 bridgehead atoms. The van der Waals surface area contributed by atoms with Gasteiger partial charge in [0.25, 0.3) is 11.8 Å². The number of aromatic hydroxyl groups is 1. The Labute approximate surface area is 169 Å². The van der Waals surface area contributed by atoms with Crippen molar-refractivity contribution in [1.29, 1.82) is 0 Å². The molecule has 0 unspecified atom stereocenters. The number of hydrogen-bond donors (Lipinski definition) is 3. The predicted octanol–water partition coefficient (Wildman–Crippen LogP) is 3.73. The van der Waals surface area contributed by atoms with Gasteiger partial charge in [0.05, 0.1) is 0 Å². The maximum atomic E-state index is 12.3. The van der Waals surface area contributed by atoms with Gasteiger partial charge in [-0.05, 0) is 55.0 Å². The van der Waals surface area contributed by atoms with Crippen LogP contribution in [0.1, 0.15) is 27.1 Å². The summed E-state index contributed by atoms with van der Waals surface area (Å²) in [6, 6.07) is 22.5. The third-order valence-corrected chi connectivity index (χ3v) is 4.11. The summed E-state index contributed by atoms with van der Waals surface area (Å²) < 4.78 is 5.74. The Bertz CT molecular complexity index is 973. The van der Waals surface area contributed by atoms with E-state index in [-0.39, 0.29) is 17.6 Å². The zero-order chi connectivity index (χ0) is 20.5. The summed E-state index contributed by atoms with van der Waals surface area (Å²) in [4.78, 5) is 24.3. The first-order valence-corrected chi connectivity index (χ1v) is 9.30. The molecule has 3 aromatic rings. The van der Waals surface area contributed by atoms with Crippen LogP contribution in [0.3, 0.4) is 0 Å². The van der Waals surface area contributed by atoms with Gasteiger partial charge in [0.2, 0.25) is 0 Å². The zero-order valence-electron chi connectivity index (χ0n) is 15.8. The van der Waals surface area contributed by atoms with E-state index in [1.165, 1.54) is 12.1 Å². The molecule has 0 radical (unpaired) electrons. The van der Waals surface area contributed by atoms with Gasteiger partial charge in [-0.1, -0.05) is 30.3 Å². The molecule has 3 rings (SSSR count). The van der Waals surface area contributed by atoms with Crippen molar-refractivity contribution >= 4 is 11.8 Å². The molecular formula is C23H22N2O4. The normalized spacial score (nSPS) is 10.2. The fraction of sp³-hybridized carbons (Fsp3) is 0.130. The van der Waals surface area contributed by atoms with E-state index in [0.29, 0.717) is 42.1 Å². The second-order valence-corrected chi connectivity index (χ2v) is 6.36. The van der Waals surface area contributed by atoms with Crippen molar-refractivity contribution in [2.24, 2.45) is 0 Å². The molecule has 0 aromatic heterocycles. The number of phenolic OH excluding ortho intramolecular Hbond substituents is 1. The van der Waals surface area contributed by atoms with Crippen LogP contribution in [-0.2, 0) is 0 Å². The molecule has 0 aliphatic carbocycles. The lowest BCUT2D eigenvalue weighted by molar-refractivity contribution is 0.0951. The Morgan fingerprint density at radius 2 is 1.31 bits per heavy atom. The van der Waals surface area contributed by atoms with E-state index in [1.807, 2.05) is 30.3 Å². The summed E-state index contributed by atoms with van der Waals surface area (Å²) >= 11 is 0. The fourth-order valence-electron chi connectivity index (χ4n) is 2.67. The van der Waals surface area contributed by atoms with Crippen molar-refractivity contribution in [3.63, 3.8) is 0 Å². The molecule has 0 saturated heterocycles. The van der Waals surface area contributed by atoms with Gasteiger partial charge in [0.15, 0.2) is 0 Å². The predicted molar refractivity (Wildman–Crippen MR) is 110 cm³/mol. The SMILES string of the molecule is O=C(NCCCNC(=O)c1cccc(Oc2ccccc2)c1)c1cccc(O)c1. The molecule has 0 aliphatic heterocycles. The molecule has 2 amide bonds. The summed E-state index contributed by atoms with van der Waals surface area (Å²) in [6.07, 6.45) is 0.580. The summed E-state index contributed by atoms with van der Waals surface area (Å²) in [5, 5.41) is 15.0. The Kier molecular flexibility index (Phi) is 6.84. The molecule has 6 nitrogen and oxygen atoms in total. The molecule has 3 aromatic carbocycles. The first-order chi connectivity index (χ1) is 14.1. The van der Waals surface area contributed by atoms with Crippen LogP contribution < -0.4 is 15.4 Å². The van der Waals surface area contributed by atoms with Gasteiger partial charge in [-0.25, -0.2) is 0 Å². The maximum Gasteiger partial charge on any atom is 0.251 e. The van der Waals surface area contributed by atoms with Crippen LogP contribution in [0, 0.1) is 0 Å². The molecule has 0 saturated carbocycles. The van der Waals surface area contributed by atoms with E-state index in [0.717, 1.165) is 0 Å². The Morgan fingerprint density at radius 1 is 0.724 bits per heavy atom. The highest BCUT2D eigenvalue weighted by Gasteiger charge is 2.08. The third-order valence-electron chi connectivity index (χ3n) is 4.11. The molecular weight excluding hydrogens is 368 g/mol. The average molecular weight is 390 g/mol. The number of carbonyl (C=O) groups excluding carboxylic acids is 2. The van der Waals surface area contributed by atoms with Gasteiger partial charge in [0.1, 0.15) is 17.2 Å². The van der Waals surface area contributed by atoms with E-state index in [4.69, 9.17) is 4.74 Å². The average Bonchev–Trinajstić information content (AvgIpc) is 2.74. The maximum absolute atomic E-state index is 12.3. The van der Waals surface area contributed by atoms with Crippen LogP contribution in [0.2, 0.25) is 0 Å². The van der Waals surface area contributed by atoms with Crippen LogP contribution >= 0.6 is 0 Å². The third kappa shape index (κ3) is 6.10. The quantitative estimate of drug-likeness (QED) is 0.512. The number of phenols is 1. The Morgan fingerprint density at radius 3 is 1.97 bits per heavy atom. The van der Waals surface area contributed by atoms with Gasteiger partial charge in [0, 0.05) is 24.2 Å². The van der Waals surface area contributed by atoms with Gasteiger partial charge in [-0.15, -0.1) is 0 Å². The van der Waals surface area contributed by atoms with E-state index in [9.17, 15) is 14.7 Å². The number of hydrogen-bond acceptors (Lipinski definition) is 4. The zero-order valence-corrected chi connectivity index (χ0v) is 15.8. The summed E-state index contributed by atoms with van der Waals surface area (Å²) in [7, 11) is 0. The minimum absolute atomic E-state index is 0.0448. The highest BCUT2D eigenvalue weighted by molar-refractivity contribution is 5.95. The molecule has 0 spiro atoms. The number of amides is 2. The molecule has 0 heterocycles. The highest BCUT2D eigenvalue weighted by atomic mass is 16.5. The number of carbonyl (C=O) groups is 2. The van der Waals surface area contributed by atoms with E-state index in [2.05, 4.69) is 10.6 Å². The summed E-state index contributed by atoms with van der Waals surface area (Å²) in [5.74, 6) is 0.860. The number of para-hydroxylation sites is 1. The van der Waals surface area contributed by atoms with Gasteiger partial charge in [-0.3, -0.25) is 9.59 Å². The second kappa shape index (κ2) is 9.94. The van der Waals surface area contributed by atoms with Gasteiger partial charge < -0.3 is 20.5 Å². The largest absolute Gasteiger partial charge is 0.508 e. The van der Waals surface area contributed by atoms with Crippen molar-refractivity contribution in [2.45, 2.75) is 6.42 Å². The number of ether oxygens (including phenoxy) is 1. The minimum atomic E-state index is -0.266. The van der Waals surface area contributed by atoms with Crippen LogP contribution in [0.25, 0.3) is 0 Å². The van der Waals surface area contributed by atoms with E-state index in [1.54, 1.807) is 36.4 Å². The lowest BCUT2D eigenvalue weighted by Crippen LogP contribution is -2.29. The molecule has 6 heteroatoms. The molecule has 0 fully saturated rings. The monoisotopic (exact) mass is 390 g/mol. The molecule has 0 aliphatic rings. The van der Waals surface area contributed by atoms with Crippen molar-refractivity contribution in [1.82, 2.24) is 10.6 Å². The van der Waals surface area contributed by atoms with Crippen LogP contribution in [-0.4, -0.2) is 30.0 Å². The van der Waals surface area contributed by atoms with Crippen molar-refractivity contribution in [3.05, 3.63) is 90.0 Å². The van der Waals surface area contributed by atoms with Gasteiger partial charge in [-0.2, -0.15) is 0 Å². The lowest BCUT2D eigenvalue weighted by atomic mass is 10.2. The summed E-state index contributed by atoms with van der Waals surface area (Å²) in [6.45, 7) is 0.828. The fourth-order valence-corrected chi connectivity index (χ4v) is 2.67. The number of nitrogens with one attached hydrogen (secondary N) is 2. The minimum Gasteiger partial charge on any atom is -0.508 e. The smallest absolute Gasteiger partial charge is 0.251 e. The standard InChI is InChI=1S/C23H22N2O4/c26-19-9-4-7-17(15-19)22(27)24-13-6-14-25-23(28)18-8-5-12-21(16-18)29-20-10-2-1-3-11-20/h1-5,7-12,15-16,26H,6,13-14H2,(H,24,27)(H,25,28). The molecule has 0 atom stereocenters. The topological polar surface area (TPSA) is 87.7 Å². The molecule has 3 N–H and O–H groups in total. The highest BCUT2D eigenvalue weighted by Crippen LogP contribution is 2.21. The Balaban J connectivity index is 1.42. The van der Waals surface area contributed by atoms with Crippen LogP contribution in [0.15, 0.2) is 78.9 Å².